The molecule has 0 N–H and O–H groups in total. The third-order valence-corrected chi connectivity index (χ3v) is 9.39. The van der Waals surface area contributed by atoms with Gasteiger partial charge in [-0.3, -0.25) is 0 Å². The highest BCUT2D eigenvalue weighted by atomic mass is 32.2. The van der Waals surface area contributed by atoms with Crippen molar-refractivity contribution in [3.8, 4) is 0 Å². The topological polar surface area (TPSA) is 97.6 Å². The lowest BCUT2D eigenvalue weighted by molar-refractivity contribution is 0.394. The fraction of sp³-hybridized carbons (Fsp3) is 0.250. The van der Waals surface area contributed by atoms with Crippen LogP contribution in [-0.4, -0.2) is 93.2 Å². The Bertz CT molecular complexity index is 1510. The Morgan fingerprint density at radius 3 is 1.28 bits per heavy atom. The van der Waals surface area contributed by atoms with Crippen LogP contribution < -0.4 is 9.80 Å². The van der Waals surface area contributed by atoms with E-state index in [0.29, 0.717) is 11.4 Å². The summed E-state index contributed by atoms with van der Waals surface area (Å²) < 4.78 is 26.5. The lowest BCUT2D eigenvalue weighted by Gasteiger charge is -2.34. The molecule has 11 heteroatoms. The molecule has 43 heavy (non-hydrogen) atoms. The van der Waals surface area contributed by atoms with Gasteiger partial charge in [-0.25, -0.2) is 28.4 Å². The number of aliphatic imine (C=N–C) groups is 2. The number of anilines is 2. The lowest BCUT2D eigenvalue weighted by Crippen LogP contribution is -2.46. The summed E-state index contributed by atoms with van der Waals surface area (Å²) in [6.07, 6.45) is 7.29. The van der Waals surface area contributed by atoms with Crippen LogP contribution in [0.2, 0.25) is 0 Å². The molecule has 2 saturated heterocycles. The van der Waals surface area contributed by atoms with Crippen molar-refractivity contribution >= 4 is 45.5 Å². The van der Waals surface area contributed by atoms with Gasteiger partial charge in [-0.2, -0.15) is 0 Å². The maximum atomic E-state index is 13.2. The van der Waals surface area contributed by atoms with Crippen molar-refractivity contribution in [1.29, 1.82) is 0 Å². The number of piperazine rings is 2. The summed E-state index contributed by atoms with van der Waals surface area (Å²) in [5.41, 5.74) is 1.41. The largest absolute Gasteiger partial charge is 0.359 e. The first-order valence-electron chi connectivity index (χ1n) is 14.4. The number of hydrogen-bond acceptors (Lipinski definition) is 8. The smallest absolute Gasteiger partial charge is 0.206 e. The summed E-state index contributed by atoms with van der Waals surface area (Å²) in [6.45, 7) is 6.85. The molecule has 0 spiro atoms. The highest BCUT2D eigenvalue weighted by molar-refractivity contribution is 7.91. The predicted molar refractivity (Wildman–Crippen MR) is 171 cm³/mol. The molecule has 10 nitrogen and oxygen atoms in total. The van der Waals surface area contributed by atoms with Gasteiger partial charge in [-0.15, -0.1) is 0 Å². The van der Waals surface area contributed by atoms with Gasteiger partial charge in [0.25, 0.3) is 0 Å². The van der Waals surface area contributed by atoms with Gasteiger partial charge < -0.3 is 19.6 Å². The molecular weight excluding hydrogens is 560 g/mol. The molecule has 0 bridgehead atoms. The highest BCUT2D eigenvalue weighted by Crippen LogP contribution is 2.25. The maximum Gasteiger partial charge on any atom is 0.206 e. The molecule has 0 atom stereocenters. The second-order valence-electron chi connectivity index (χ2n) is 10.4. The summed E-state index contributed by atoms with van der Waals surface area (Å²) in [6, 6.07) is 25.3. The Kier molecular flexibility index (Phi) is 8.60. The van der Waals surface area contributed by atoms with Crippen LogP contribution in [0.25, 0.3) is 0 Å². The van der Waals surface area contributed by atoms with E-state index in [-0.39, 0.29) is 9.79 Å². The van der Waals surface area contributed by atoms with Gasteiger partial charge >= 0.3 is 0 Å². The Hall–Kier alpha value is -4.77. The van der Waals surface area contributed by atoms with Crippen LogP contribution in [0.3, 0.4) is 0 Å². The Balaban J connectivity index is 1.01. The molecule has 0 amide bonds. The van der Waals surface area contributed by atoms with Crippen LogP contribution in [0.4, 0.5) is 23.0 Å². The van der Waals surface area contributed by atoms with Gasteiger partial charge in [0.15, 0.2) is 0 Å². The zero-order valence-corrected chi connectivity index (χ0v) is 24.7. The summed E-state index contributed by atoms with van der Waals surface area (Å²) in [5.74, 6) is 1.98. The summed E-state index contributed by atoms with van der Waals surface area (Å²) in [4.78, 5) is 27.3. The monoisotopic (exact) mass is 594 g/mol. The normalized spacial score (nSPS) is 16.4. The van der Waals surface area contributed by atoms with E-state index in [1.54, 1.807) is 48.5 Å². The van der Waals surface area contributed by atoms with Crippen LogP contribution in [0.5, 0.6) is 0 Å². The van der Waals surface area contributed by atoms with Crippen molar-refractivity contribution in [2.24, 2.45) is 9.98 Å². The average molecular weight is 595 g/mol. The Morgan fingerprint density at radius 1 is 0.535 bits per heavy atom. The van der Waals surface area contributed by atoms with Crippen molar-refractivity contribution in [1.82, 2.24) is 19.8 Å². The number of rotatable bonds is 8. The zero-order chi connectivity index (χ0) is 29.5. The molecule has 4 heterocycles. The van der Waals surface area contributed by atoms with E-state index in [0.717, 1.165) is 64.0 Å². The summed E-state index contributed by atoms with van der Waals surface area (Å²) in [5, 5.41) is 0. The van der Waals surface area contributed by atoms with Crippen LogP contribution in [0, 0.1) is 0 Å². The number of hydrogen-bond donors (Lipinski definition) is 0. The fourth-order valence-electron chi connectivity index (χ4n) is 5.07. The van der Waals surface area contributed by atoms with Gasteiger partial charge in [-0.1, -0.05) is 12.1 Å². The van der Waals surface area contributed by atoms with Crippen molar-refractivity contribution in [2.45, 2.75) is 9.79 Å². The molecule has 0 radical (unpaired) electrons. The predicted octanol–water partition coefficient (Wildman–Crippen LogP) is 4.27. The molecule has 2 aliphatic heterocycles. The van der Waals surface area contributed by atoms with Gasteiger partial charge in [-0.05, 0) is 72.8 Å². The van der Waals surface area contributed by atoms with E-state index < -0.39 is 9.84 Å². The third kappa shape index (κ3) is 7.00. The highest BCUT2D eigenvalue weighted by Gasteiger charge is 2.19. The minimum atomic E-state index is -3.66. The Morgan fingerprint density at radius 2 is 0.930 bits per heavy atom. The van der Waals surface area contributed by atoms with E-state index in [2.05, 4.69) is 39.6 Å². The van der Waals surface area contributed by atoms with Gasteiger partial charge in [0.1, 0.15) is 11.6 Å². The minimum Gasteiger partial charge on any atom is -0.359 e. The molecule has 2 aromatic heterocycles. The number of benzene rings is 2. The zero-order valence-electron chi connectivity index (χ0n) is 23.9. The van der Waals surface area contributed by atoms with E-state index in [1.165, 1.54) is 0 Å². The molecule has 0 saturated carbocycles. The number of pyridine rings is 2. The van der Waals surface area contributed by atoms with E-state index >= 15 is 0 Å². The molecule has 0 aliphatic carbocycles. The number of nitrogens with zero attached hydrogens (tertiary/aromatic N) is 8. The van der Waals surface area contributed by atoms with Gasteiger partial charge in [0.05, 0.1) is 33.8 Å². The van der Waals surface area contributed by atoms with E-state index in [9.17, 15) is 8.42 Å². The van der Waals surface area contributed by atoms with Crippen LogP contribution in [0.15, 0.2) is 117 Å². The quantitative estimate of drug-likeness (QED) is 0.220. The molecular formula is C32H34N8O2S. The molecule has 220 valence electrons. The molecule has 2 aliphatic rings. The molecule has 2 aromatic carbocycles. The van der Waals surface area contributed by atoms with Crippen molar-refractivity contribution in [3.63, 3.8) is 0 Å². The van der Waals surface area contributed by atoms with Gasteiger partial charge in [0.2, 0.25) is 9.84 Å². The molecule has 0 unspecified atom stereocenters. The number of aromatic nitrogens is 2. The lowest BCUT2D eigenvalue weighted by atomic mass is 10.3. The van der Waals surface area contributed by atoms with Gasteiger partial charge in [0, 0.05) is 64.8 Å². The maximum absolute atomic E-state index is 13.2. The summed E-state index contributed by atoms with van der Waals surface area (Å²) >= 11 is 0. The van der Waals surface area contributed by atoms with E-state index in [4.69, 9.17) is 0 Å². The second kappa shape index (κ2) is 13.0. The first-order valence-corrected chi connectivity index (χ1v) is 15.9. The first-order chi connectivity index (χ1) is 21.0. The average Bonchev–Trinajstić information content (AvgIpc) is 3.08. The van der Waals surface area contributed by atoms with Crippen molar-refractivity contribution in [2.75, 3.05) is 62.2 Å². The number of sulfone groups is 1. The van der Waals surface area contributed by atoms with Crippen LogP contribution in [-0.2, 0) is 9.84 Å². The molecule has 4 aromatic rings. The molecule has 2 fully saturated rings. The second-order valence-corrected chi connectivity index (χ2v) is 12.4. The fourth-order valence-corrected chi connectivity index (χ4v) is 6.33. The Labute approximate surface area is 252 Å². The van der Waals surface area contributed by atoms with Crippen LogP contribution >= 0.6 is 0 Å². The van der Waals surface area contributed by atoms with Crippen molar-refractivity contribution in [3.05, 3.63) is 97.3 Å². The van der Waals surface area contributed by atoms with Crippen molar-refractivity contribution < 1.29 is 8.42 Å². The van der Waals surface area contributed by atoms with Crippen LogP contribution in [0.1, 0.15) is 0 Å². The minimum absolute atomic E-state index is 0.234. The first kappa shape index (κ1) is 28.4. The van der Waals surface area contributed by atoms with E-state index in [1.807, 2.05) is 61.5 Å². The standard InChI is InChI=1S/C32H34N8O2S/c41-43(42,29-11-7-27(8-12-29)35-25-37-17-21-39(22-18-37)31-5-1-3-15-33-31)30-13-9-28(10-14-30)36-26-38-19-23-40(24-20-38)32-6-2-4-16-34-32/h1-16,25-26H,17-24H2. The third-order valence-electron chi connectivity index (χ3n) is 7.61. The SMILES string of the molecule is O=S(=O)(c1ccc(N=CN2CCN(c3ccccn3)CC2)cc1)c1ccc(N=CN2CCN(c3ccccn3)CC2)cc1. The summed E-state index contributed by atoms with van der Waals surface area (Å²) in [7, 11) is -3.66. The molecule has 6 rings (SSSR count).